The fourth-order valence-electron chi connectivity index (χ4n) is 0.500. The van der Waals surface area contributed by atoms with Gasteiger partial charge in [-0.15, -0.1) is 0 Å². The molecule has 0 unspecified atom stereocenters. The predicted molar refractivity (Wildman–Crippen MR) is 25.6 cm³/mol. The van der Waals surface area contributed by atoms with Crippen LogP contribution in [0.15, 0.2) is 0 Å². The van der Waals surface area contributed by atoms with Gasteiger partial charge in [-0.3, -0.25) is 0 Å². The third-order valence-corrected chi connectivity index (χ3v) is 5.65. The summed E-state index contributed by atoms with van der Waals surface area (Å²) in [4.78, 5) is 0. The molecule has 0 radical (unpaired) electrons. The summed E-state index contributed by atoms with van der Waals surface area (Å²) in [5, 5.41) is 0. The Hall–Kier alpha value is 0.935. The van der Waals surface area contributed by atoms with Crippen LogP contribution in [0.4, 0.5) is 0 Å². The molecular formula is C5H12Hg. The molecule has 0 bridgehead atoms. The van der Waals surface area contributed by atoms with Crippen molar-refractivity contribution in [2.75, 3.05) is 0 Å². The van der Waals surface area contributed by atoms with Crippen molar-refractivity contribution in [3.8, 4) is 0 Å². The molecule has 0 aromatic rings. The van der Waals surface area contributed by atoms with E-state index in [1.165, 1.54) is 12.8 Å². The third kappa shape index (κ3) is 4.94. The summed E-state index contributed by atoms with van der Waals surface area (Å²) in [6.07, 6.45) is 2.92. The number of hydrogen-bond donors (Lipinski definition) is 0. The SMILES string of the molecule is CCC[CH2][Hg][CH3]. The van der Waals surface area contributed by atoms with Crippen LogP contribution in [0, 0.1) is 0 Å². The van der Waals surface area contributed by atoms with Gasteiger partial charge in [-0.2, -0.15) is 0 Å². The second kappa shape index (κ2) is 5.94. The van der Waals surface area contributed by atoms with E-state index >= 15 is 0 Å². The quantitative estimate of drug-likeness (QED) is 0.546. The first kappa shape index (κ1) is 6.94. The minimum atomic E-state index is -0.168. The Balaban J connectivity index is 2.34. The topological polar surface area (TPSA) is 0 Å². The molecule has 0 saturated carbocycles. The monoisotopic (exact) mass is 274 g/mol. The summed E-state index contributed by atoms with van der Waals surface area (Å²) >= 11 is -0.168. The van der Waals surface area contributed by atoms with Crippen LogP contribution in [0.25, 0.3) is 0 Å². The fourth-order valence-corrected chi connectivity index (χ4v) is 4.39. The van der Waals surface area contributed by atoms with Crippen LogP contribution in [-0.4, -0.2) is 0 Å². The number of unbranched alkanes of at least 4 members (excludes halogenated alkanes) is 1. The van der Waals surface area contributed by atoms with Gasteiger partial charge in [-0.25, -0.2) is 0 Å². The van der Waals surface area contributed by atoms with Gasteiger partial charge < -0.3 is 0 Å². The van der Waals surface area contributed by atoms with Gasteiger partial charge in [-0.05, 0) is 0 Å². The standard InChI is InChI=1S/C4H9.CH3.Hg/c1-3-4-2;;/h1,3-4H2,2H3;1H3;. The van der Waals surface area contributed by atoms with Crippen molar-refractivity contribution in [3.05, 3.63) is 0 Å². The Labute approximate surface area is 52.8 Å². The van der Waals surface area contributed by atoms with Crippen LogP contribution < -0.4 is 0 Å². The molecule has 0 atom stereocenters. The van der Waals surface area contributed by atoms with Crippen LogP contribution in [0.3, 0.4) is 0 Å². The van der Waals surface area contributed by atoms with Crippen molar-refractivity contribution < 1.29 is 24.6 Å². The summed E-state index contributed by atoms with van der Waals surface area (Å²) in [5.74, 6) is 0. The normalized spacial score (nSPS) is 7.67. The van der Waals surface area contributed by atoms with E-state index in [1.54, 1.807) is 3.93 Å². The molecule has 0 aliphatic carbocycles. The molecule has 0 saturated heterocycles. The molecule has 0 aliphatic rings. The van der Waals surface area contributed by atoms with E-state index in [0.29, 0.717) is 0 Å². The summed E-state index contributed by atoms with van der Waals surface area (Å²) in [6, 6.07) is 0. The van der Waals surface area contributed by atoms with Crippen LogP contribution in [0.2, 0.25) is 8.36 Å². The zero-order chi connectivity index (χ0) is 4.83. The average Bonchev–Trinajstić information content (AvgIpc) is 1.61. The van der Waals surface area contributed by atoms with E-state index in [-0.39, 0.29) is 24.6 Å². The van der Waals surface area contributed by atoms with Gasteiger partial charge in [0.05, 0.1) is 0 Å². The first-order valence-electron chi connectivity index (χ1n) is 2.91. The maximum atomic E-state index is 2.45. The van der Waals surface area contributed by atoms with Gasteiger partial charge in [0.25, 0.3) is 0 Å². The first-order valence-corrected chi connectivity index (χ1v) is 12.3. The Morgan fingerprint density at radius 1 is 1.50 bits per heavy atom. The molecule has 0 N–H and O–H groups in total. The molecule has 0 nitrogen and oxygen atoms in total. The minimum absolute atomic E-state index is 0.168. The molecule has 0 rings (SSSR count). The second-order valence-electron chi connectivity index (χ2n) is 1.71. The van der Waals surface area contributed by atoms with E-state index in [0.717, 1.165) is 0 Å². The van der Waals surface area contributed by atoms with Crippen molar-refractivity contribution in [2.24, 2.45) is 0 Å². The number of hydrogen-bond acceptors (Lipinski definition) is 0. The summed E-state index contributed by atoms with van der Waals surface area (Å²) in [5.41, 5.74) is 0. The molecule has 0 fully saturated rings. The van der Waals surface area contributed by atoms with E-state index in [2.05, 4.69) is 11.4 Å². The second-order valence-corrected chi connectivity index (χ2v) is 8.34. The van der Waals surface area contributed by atoms with E-state index in [9.17, 15) is 0 Å². The van der Waals surface area contributed by atoms with Gasteiger partial charge in [0.1, 0.15) is 0 Å². The molecular weight excluding hydrogens is 261 g/mol. The summed E-state index contributed by atoms with van der Waals surface area (Å²) in [6.45, 7) is 2.27. The van der Waals surface area contributed by atoms with Crippen molar-refractivity contribution in [1.29, 1.82) is 0 Å². The maximum absolute atomic E-state index is 2.45. The molecule has 6 heavy (non-hydrogen) atoms. The molecule has 0 heterocycles. The Bertz CT molecular complexity index is 15.9. The number of rotatable bonds is 3. The van der Waals surface area contributed by atoms with Crippen LogP contribution in [0.1, 0.15) is 19.8 Å². The molecule has 0 spiro atoms. The van der Waals surface area contributed by atoms with Crippen molar-refractivity contribution >= 4 is 0 Å². The molecule has 1 heteroatoms. The molecule has 0 aromatic carbocycles. The van der Waals surface area contributed by atoms with Gasteiger partial charge >= 0.3 is 52.7 Å². The Morgan fingerprint density at radius 2 is 2.17 bits per heavy atom. The van der Waals surface area contributed by atoms with Crippen LogP contribution in [0.5, 0.6) is 0 Å². The van der Waals surface area contributed by atoms with Crippen molar-refractivity contribution in [3.63, 3.8) is 0 Å². The van der Waals surface area contributed by atoms with Gasteiger partial charge in [0.2, 0.25) is 0 Å². The summed E-state index contributed by atoms with van der Waals surface area (Å²) in [7, 11) is 0. The first-order chi connectivity index (χ1) is 2.91. The zero-order valence-corrected chi connectivity index (χ0v) is 10.3. The Kier molecular flexibility index (Phi) is 6.86. The summed E-state index contributed by atoms with van der Waals surface area (Å²) < 4.78 is 4.09. The van der Waals surface area contributed by atoms with Gasteiger partial charge in [0.15, 0.2) is 0 Å². The van der Waals surface area contributed by atoms with Crippen molar-refractivity contribution in [1.82, 2.24) is 0 Å². The Morgan fingerprint density at radius 3 is 2.33 bits per heavy atom. The molecule has 0 aromatic heterocycles. The molecule has 34 valence electrons. The van der Waals surface area contributed by atoms with Crippen molar-refractivity contribution in [2.45, 2.75) is 28.1 Å². The predicted octanol–water partition coefficient (Wildman–Crippen LogP) is 2.34. The molecule has 0 amide bonds. The average molecular weight is 273 g/mol. The van der Waals surface area contributed by atoms with Gasteiger partial charge in [-0.1, -0.05) is 0 Å². The van der Waals surface area contributed by atoms with E-state index < -0.39 is 0 Å². The van der Waals surface area contributed by atoms with Crippen LogP contribution in [-0.2, 0) is 24.6 Å². The fraction of sp³-hybridized carbons (Fsp3) is 1.00. The third-order valence-electron chi connectivity index (χ3n) is 0.957. The van der Waals surface area contributed by atoms with E-state index in [4.69, 9.17) is 0 Å². The molecule has 0 aliphatic heterocycles. The van der Waals surface area contributed by atoms with Gasteiger partial charge in [0, 0.05) is 0 Å². The van der Waals surface area contributed by atoms with Crippen LogP contribution >= 0.6 is 0 Å². The zero-order valence-electron chi connectivity index (χ0n) is 4.83. The van der Waals surface area contributed by atoms with E-state index in [1.807, 2.05) is 0 Å².